The normalized spacial score (nSPS) is 22.2. The zero-order chi connectivity index (χ0) is 9.03. The van der Waals surface area contributed by atoms with Crippen molar-refractivity contribution in [3.05, 3.63) is 11.1 Å². The SMILES string of the molecule is C=C(Br)CNC1(C)CCOCC1. The Balaban J connectivity index is 2.31. The van der Waals surface area contributed by atoms with Gasteiger partial charge in [0.15, 0.2) is 0 Å². The zero-order valence-corrected chi connectivity index (χ0v) is 9.11. The number of ether oxygens (including phenoxy) is 1. The van der Waals surface area contributed by atoms with Crippen molar-refractivity contribution in [1.82, 2.24) is 5.32 Å². The molecule has 1 heterocycles. The number of hydrogen-bond donors (Lipinski definition) is 1. The van der Waals surface area contributed by atoms with E-state index >= 15 is 0 Å². The van der Waals surface area contributed by atoms with Gasteiger partial charge in [-0.3, -0.25) is 0 Å². The highest BCUT2D eigenvalue weighted by molar-refractivity contribution is 9.11. The first kappa shape index (κ1) is 10.2. The molecule has 1 aliphatic heterocycles. The summed E-state index contributed by atoms with van der Waals surface area (Å²) < 4.78 is 6.31. The quantitative estimate of drug-likeness (QED) is 0.806. The highest BCUT2D eigenvalue weighted by Gasteiger charge is 2.26. The highest BCUT2D eigenvalue weighted by atomic mass is 79.9. The van der Waals surface area contributed by atoms with Gasteiger partial charge in [-0.15, -0.1) is 0 Å². The van der Waals surface area contributed by atoms with Crippen molar-refractivity contribution in [3.63, 3.8) is 0 Å². The molecule has 1 rings (SSSR count). The third-order valence-corrected chi connectivity index (χ3v) is 2.58. The summed E-state index contributed by atoms with van der Waals surface area (Å²) in [5.74, 6) is 0. The summed E-state index contributed by atoms with van der Waals surface area (Å²) in [6.07, 6.45) is 2.18. The molecule has 0 atom stereocenters. The van der Waals surface area contributed by atoms with Crippen LogP contribution < -0.4 is 5.32 Å². The maximum Gasteiger partial charge on any atom is 0.0483 e. The van der Waals surface area contributed by atoms with E-state index in [0.717, 1.165) is 37.1 Å². The first-order valence-electron chi connectivity index (χ1n) is 4.28. The minimum Gasteiger partial charge on any atom is -0.381 e. The molecular weight excluding hydrogens is 218 g/mol. The third-order valence-electron chi connectivity index (χ3n) is 2.30. The van der Waals surface area contributed by atoms with E-state index in [9.17, 15) is 0 Å². The van der Waals surface area contributed by atoms with Crippen molar-refractivity contribution in [2.45, 2.75) is 25.3 Å². The fourth-order valence-electron chi connectivity index (χ4n) is 1.31. The molecular formula is C9H16BrNO. The second kappa shape index (κ2) is 4.40. The molecule has 3 heteroatoms. The van der Waals surface area contributed by atoms with Crippen LogP contribution in [-0.2, 0) is 4.74 Å². The van der Waals surface area contributed by atoms with Crippen LogP contribution in [0.1, 0.15) is 19.8 Å². The maximum atomic E-state index is 5.30. The molecule has 0 aliphatic carbocycles. The van der Waals surface area contributed by atoms with E-state index in [-0.39, 0.29) is 5.54 Å². The van der Waals surface area contributed by atoms with Crippen molar-refractivity contribution in [2.24, 2.45) is 0 Å². The molecule has 1 N–H and O–H groups in total. The van der Waals surface area contributed by atoms with Crippen molar-refractivity contribution in [1.29, 1.82) is 0 Å². The molecule has 0 saturated carbocycles. The highest BCUT2D eigenvalue weighted by Crippen LogP contribution is 2.19. The first-order chi connectivity index (χ1) is 5.62. The zero-order valence-electron chi connectivity index (χ0n) is 7.53. The summed E-state index contributed by atoms with van der Waals surface area (Å²) in [6.45, 7) is 8.63. The molecule has 0 amide bonds. The Bertz CT molecular complexity index is 164. The van der Waals surface area contributed by atoms with Crippen molar-refractivity contribution >= 4 is 15.9 Å². The van der Waals surface area contributed by atoms with Crippen LogP contribution in [-0.4, -0.2) is 25.3 Å². The van der Waals surface area contributed by atoms with E-state index < -0.39 is 0 Å². The van der Waals surface area contributed by atoms with E-state index in [1.54, 1.807) is 0 Å². The summed E-state index contributed by atoms with van der Waals surface area (Å²) in [5, 5.41) is 3.47. The van der Waals surface area contributed by atoms with Crippen LogP contribution >= 0.6 is 15.9 Å². The lowest BCUT2D eigenvalue weighted by Gasteiger charge is -2.34. The van der Waals surface area contributed by atoms with Gasteiger partial charge < -0.3 is 10.1 Å². The fourth-order valence-corrected chi connectivity index (χ4v) is 1.45. The van der Waals surface area contributed by atoms with Gasteiger partial charge in [-0.1, -0.05) is 22.5 Å². The largest absolute Gasteiger partial charge is 0.381 e. The topological polar surface area (TPSA) is 21.3 Å². The molecule has 1 fully saturated rings. The van der Waals surface area contributed by atoms with E-state index in [1.807, 2.05) is 0 Å². The second-order valence-corrected chi connectivity index (χ2v) is 4.67. The molecule has 0 radical (unpaired) electrons. The number of hydrogen-bond acceptors (Lipinski definition) is 2. The van der Waals surface area contributed by atoms with Crippen molar-refractivity contribution < 1.29 is 4.74 Å². The summed E-state index contributed by atoms with van der Waals surface area (Å²) in [5.41, 5.74) is 0.245. The van der Waals surface area contributed by atoms with Gasteiger partial charge in [0, 0.05) is 29.8 Å². The molecule has 2 nitrogen and oxygen atoms in total. The predicted molar refractivity (Wildman–Crippen MR) is 54.5 cm³/mol. The van der Waals surface area contributed by atoms with Crippen molar-refractivity contribution in [3.8, 4) is 0 Å². The summed E-state index contributed by atoms with van der Waals surface area (Å²) in [7, 11) is 0. The van der Waals surface area contributed by atoms with Gasteiger partial charge in [0.2, 0.25) is 0 Å². The van der Waals surface area contributed by atoms with Gasteiger partial charge >= 0.3 is 0 Å². The minimum atomic E-state index is 0.245. The molecule has 0 bridgehead atoms. The molecule has 0 aromatic rings. The lowest BCUT2D eigenvalue weighted by molar-refractivity contribution is 0.0467. The molecule has 0 aromatic carbocycles. The monoisotopic (exact) mass is 233 g/mol. The minimum absolute atomic E-state index is 0.245. The van der Waals surface area contributed by atoms with E-state index in [1.165, 1.54) is 0 Å². The number of nitrogens with one attached hydrogen (secondary N) is 1. The van der Waals surface area contributed by atoms with Gasteiger partial charge in [-0.25, -0.2) is 0 Å². The van der Waals surface area contributed by atoms with Crippen molar-refractivity contribution in [2.75, 3.05) is 19.8 Å². The third kappa shape index (κ3) is 3.25. The Labute approximate surface area is 82.5 Å². The van der Waals surface area contributed by atoms with Crippen LogP contribution in [0.15, 0.2) is 11.1 Å². The van der Waals surface area contributed by atoms with Gasteiger partial charge in [-0.05, 0) is 19.8 Å². The molecule has 1 saturated heterocycles. The second-order valence-electron chi connectivity index (χ2n) is 3.54. The molecule has 12 heavy (non-hydrogen) atoms. The van der Waals surface area contributed by atoms with Crippen LogP contribution in [0.3, 0.4) is 0 Å². The Morgan fingerprint density at radius 3 is 2.67 bits per heavy atom. The predicted octanol–water partition coefficient (Wildman–Crippen LogP) is 2.05. The van der Waals surface area contributed by atoms with E-state index in [2.05, 4.69) is 34.7 Å². The van der Waals surface area contributed by atoms with Crippen LogP contribution in [0.2, 0.25) is 0 Å². The molecule has 0 unspecified atom stereocenters. The average molecular weight is 234 g/mol. The molecule has 0 aromatic heterocycles. The molecule has 1 aliphatic rings. The van der Waals surface area contributed by atoms with E-state index in [4.69, 9.17) is 4.74 Å². The Morgan fingerprint density at radius 1 is 1.58 bits per heavy atom. The molecule has 0 spiro atoms. The summed E-state index contributed by atoms with van der Waals surface area (Å²) >= 11 is 3.34. The summed E-state index contributed by atoms with van der Waals surface area (Å²) in [6, 6.07) is 0. The van der Waals surface area contributed by atoms with Gasteiger partial charge in [0.05, 0.1) is 0 Å². The van der Waals surface area contributed by atoms with Gasteiger partial charge in [-0.2, -0.15) is 0 Å². The van der Waals surface area contributed by atoms with E-state index in [0.29, 0.717) is 0 Å². The Hall–Kier alpha value is 0.140. The number of rotatable bonds is 3. The average Bonchev–Trinajstić information content (AvgIpc) is 2.03. The standard InChI is InChI=1S/C9H16BrNO/c1-8(10)7-11-9(2)3-5-12-6-4-9/h11H,1,3-7H2,2H3. The number of halogens is 1. The maximum absolute atomic E-state index is 5.30. The smallest absolute Gasteiger partial charge is 0.0483 e. The lowest BCUT2D eigenvalue weighted by atomic mass is 9.92. The summed E-state index contributed by atoms with van der Waals surface area (Å²) in [4.78, 5) is 0. The Kier molecular flexibility index (Phi) is 3.75. The van der Waals surface area contributed by atoms with Crippen LogP contribution in [0, 0.1) is 0 Å². The molecule has 70 valence electrons. The van der Waals surface area contributed by atoms with Gasteiger partial charge in [0.1, 0.15) is 0 Å². The van der Waals surface area contributed by atoms with Gasteiger partial charge in [0.25, 0.3) is 0 Å². The lowest BCUT2D eigenvalue weighted by Crippen LogP contribution is -2.47. The van der Waals surface area contributed by atoms with Crippen LogP contribution in [0.4, 0.5) is 0 Å². The first-order valence-corrected chi connectivity index (χ1v) is 5.08. The fraction of sp³-hybridized carbons (Fsp3) is 0.778. The Morgan fingerprint density at radius 2 is 2.17 bits per heavy atom. The van der Waals surface area contributed by atoms with Crippen LogP contribution in [0.25, 0.3) is 0 Å². The van der Waals surface area contributed by atoms with Crippen LogP contribution in [0.5, 0.6) is 0 Å².